The number of rotatable bonds is 6. The first-order valence-corrected chi connectivity index (χ1v) is 9.93. The number of hydrogen-bond donors (Lipinski definition) is 1. The molecule has 1 saturated heterocycles. The Labute approximate surface area is 167 Å². The number of aromatic amines is 1. The summed E-state index contributed by atoms with van der Waals surface area (Å²) in [6, 6.07) is 0. The Kier molecular flexibility index (Phi) is 6.94. The highest BCUT2D eigenvalue weighted by molar-refractivity contribution is 5.04. The average Bonchev–Trinajstić information content (AvgIpc) is 2.87. The molecular weight excluding hydrogens is 360 g/mol. The Balaban J connectivity index is 2.50. The largest absolute Gasteiger partial charge is 0.382 e. The molecule has 1 aromatic heterocycles. The van der Waals surface area contributed by atoms with E-state index in [4.69, 9.17) is 14.2 Å². The third kappa shape index (κ3) is 5.33. The van der Waals surface area contributed by atoms with Gasteiger partial charge < -0.3 is 14.2 Å². The van der Waals surface area contributed by atoms with E-state index in [1.807, 2.05) is 0 Å². The van der Waals surface area contributed by atoms with Gasteiger partial charge in [-0.1, -0.05) is 41.5 Å². The molecule has 1 N–H and O–H groups in total. The number of aryl methyl sites for hydroxylation is 1. The fourth-order valence-corrected chi connectivity index (χ4v) is 4.01. The van der Waals surface area contributed by atoms with Gasteiger partial charge >= 0.3 is 5.69 Å². The van der Waals surface area contributed by atoms with E-state index in [1.54, 1.807) is 20.2 Å². The lowest BCUT2D eigenvalue weighted by molar-refractivity contribution is -0.0801. The molecule has 2 heterocycles. The second-order valence-electron chi connectivity index (χ2n) is 10.0. The summed E-state index contributed by atoms with van der Waals surface area (Å²) in [5.41, 5.74) is -0.430. The van der Waals surface area contributed by atoms with Crippen LogP contribution < -0.4 is 11.2 Å². The van der Waals surface area contributed by atoms with Crippen LogP contribution in [0.3, 0.4) is 0 Å². The maximum Gasteiger partial charge on any atom is 0.330 e. The van der Waals surface area contributed by atoms with Gasteiger partial charge in [0.05, 0.1) is 19.3 Å². The molecule has 0 aromatic carbocycles. The van der Waals surface area contributed by atoms with Gasteiger partial charge in [-0.15, -0.1) is 0 Å². The molecular formula is C21H36N2O5. The normalized spacial score (nSPS) is 26.0. The molecule has 0 bridgehead atoms. The molecule has 1 aromatic rings. The maximum atomic E-state index is 12.6. The molecule has 0 radical (unpaired) electrons. The number of methoxy groups -OCH3 is 1. The van der Waals surface area contributed by atoms with Gasteiger partial charge in [-0.2, -0.15) is 0 Å². The van der Waals surface area contributed by atoms with Gasteiger partial charge in [0.2, 0.25) is 0 Å². The van der Waals surface area contributed by atoms with Gasteiger partial charge in [-0.05, 0) is 24.2 Å². The van der Waals surface area contributed by atoms with Crippen LogP contribution in [0.1, 0.15) is 59.8 Å². The lowest BCUT2D eigenvalue weighted by Crippen LogP contribution is -2.42. The number of hydrogen-bond acceptors (Lipinski definition) is 5. The molecule has 0 saturated carbocycles. The van der Waals surface area contributed by atoms with Crippen molar-refractivity contribution < 1.29 is 14.2 Å². The summed E-state index contributed by atoms with van der Waals surface area (Å²) in [7, 11) is 1.63. The third-order valence-electron chi connectivity index (χ3n) is 5.18. The monoisotopic (exact) mass is 396 g/mol. The van der Waals surface area contributed by atoms with Crippen molar-refractivity contribution in [3.8, 4) is 0 Å². The molecule has 7 nitrogen and oxygen atoms in total. The Hall–Kier alpha value is -1.44. The highest BCUT2D eigenvalue weighted by atomic mass is 16.6. The molecule has 0 spiro atoms. The third-order valence-corrected chi connectivity index (χ3v) is 5.18. The fourth-order valence-electron chi connectivity index (χ4n) is 4.01. The summed E-state index contributed by atoms with van der Waals surface area (Å²) in [6.45, 7) is 15.6. The zero-order chi connectivity index (χ0) is 21.3. The molecule has 1 aliphatic heterocycles. The zero-order valence-corrected chi connectivity index (χ0v) is 18.5. The van der Waals surface area contributed by atoms with Gasteiger partial charge in [0, 0.05) is 24.8 Å². The van der Waals surface area contributed by atoms with Crippen LogP contribution >= 0.6 is 0 Å². The number of nitrogens with one attached hydrogen (secondary N) is 1. The standard InChI is InChI=1S/C21H36N2O5/c1-13-12-23(19(25)22-17(13)24)18-16(27-10-9-26-8)15(21(5,6)7)14(28-18)11-20(2,3)4/h12,14-16,18H,9-11H2,1-8H3,(H,22,24,25)/t14-,15+,16?,18-/m1/s1. The highest BCUT2D eigenvalue weighted by Gasteiger charge is 2.52. The Morgan fingerprint density at radius 3 is 2.32 bits per heavy atom. The van der Waals surface area contributed by atoms with Gasteiger partial charge in [-0.25, -0.2) is 4.79 Å². The van der Waals surface area contributed by atoms with Crippen molar-refractivity contribution in [1.82, 2.24) is 9.55 Å². The van der Waals surface area contributed by atoms with Crippen molar-refractivity contribution in [1.29, 1.82) is 0 Å². The predicted octanol–water partition coefficient (Wildman–Crippen LogP) is 2.87. The summed E-state index contributed by atoms with van der Waals surface area (Å²) < 4.78 is 19.3. The molecule has 1 fully saturated rings. The molecule has 160 valence electrons. The van der Waals surface area contributed by atoms with E-state index in [2.05, 4.69) is 46.5 Å². The molecule has 4 atom stereocenters. The average molecular weight is 397 g/mol. The fraction of sp³-hybridized carbons (Fsp3) is 0.810. The van der Waals surface area contributed by atoms with Crippen molar-refractivity contribution in [2.45, 2.75) is 73.3 Å². The summed E-state index contributed by atoms with van der Waals surface area (Å²) >= 11 is 0. The molecule has 1 aliphatic rings. The van der Waals surface area contributed by atoms with Crippen LogP contribution in [0.2, 0.25) is 0 Å². The number of H-pyrrole nitrogens is 1. The second kappa shape index (κ2) is 8.51. The number of nitrogens with zero attached hydrogens (tertiary/aromatic N) is 1. The predicted molar refractivity (Wildman–Crippen MR) is 109 cm³/mol. The van der Waals surface area contributed by atoms with Gasteiger partial charge in [0.1, 0.15) is 6.10 Å². The zero-order valence-electron chi connectivity index (χ0n) is 18.5. The molecule has 28 heavy (non-hydrogen) atoms. The lowest BCUT2D eigenvalue weighted by Gasteiger charge is -2.37. The van der Waals surface area contributed by atoms with Crippen LogP contribution in [-0.2, 0) is 14.2 Å². The first kappa shape index (κ1) is 22.8. The summed E-state index contributed by atoms with van der Waals surface area (Å²) in [4.78, 5) is 26.7. The Bertz CT molecular complexity index is 769. The van der Waals surface area contributed by atoms with Gasteiger partial charge in [0.25, 0.3) is 5.56 Å². The minimum Gasteiger partial charge on any atom is -0.382 e. The minimum absolute atomic E-state index is 0.0615. The van der Waals surface area contributed by atoms with Crippen LogP contribution in [0.25, 0.3) is 0 Å². The van der Waals surface area contributed by atoms with Crippen molar-refractivity contribution in [3.63, 3.8) is 0 Å². The van der Waals surface area contributed by atoms with Gasteiger partial charge in [-0.3, -0.25) is 14.3 Å². The first-order valence-electron chi connectivity index (χ1n) is 9.93. The van der Waals surface area contributed by atoms with Crippen LogP contribution in [0.15, 0.2) is 15.8 Å². The maximum absolute atomic E-state index is 12.6. The SMILES string of the molecule is COCCOC1[C@H](n2cc(C)c(=O)[nH]c2=O)O[C@H](CC(C)(C)C)[C@@H]1C(C)(C)C. The summed E-state index contributed by atoms with van der Waals surface area (Å²) in [5, 5.41) is 0. The molecule has 2 rings (SSSR count). The second-order valence-corrected chi connectivity index (χ2v) is 10.0. The van der Waals surface area contributed by atoms with E-state index in [0.717, 1.165) is 6.42 Å². The van der Waals surface area contributed by atoms with Crippen molar-refractivity contribution in [2.75, 3.05) is 20.3 Å². The molecule has 0 amide bonds. The van der Waals surface area contributed by atoms with Crippen LogP contribution in [-0.4, -0.2) is 42.1 Å². The van der Waals surface area contributed by atoms with Crippen molar-refractivity contribution in [2.24, 2.45) is 16.7 Å². The first-order chi connectivity index (χ1) is 12.8. The minimum atomic E-state index is -0.600. The van der Waals surface area contributed by atoms with Crippen molar-refractivity contribution >= 4 is 0 Å². The highest BCUT2D eigenvalue weighted by Crippen LogP contribution is 2.48. The molecule has 0 aliphatic carbocycles. The van der Waals surface area contributed by atoms with Gasteiger partial charge in [0.15, 0.2) is 6.23 Å². The smallest absolute Gasteiger partial charge is 0.330 e. The van der Waals surface area contributed by atoms with E-state index in [1.165, 1.54) is 4.57 Å². The van der Waals surface area contributed by atoms with E-state index in [0.29, 0.717) is 18.8 Å². The lowest BCUT2D eigenvalue weighted by atomic mass is 9.71. The number of aromatic nitrogens is 2. The number of ether oxygens (including phenoxy) is 3. The molecule has 7 heteroatoms. The van der Waals surface area contributed by atoms with E-state index >= 15 is 0 Å². The molecule has 1 unspecified atom stereocenters. The van der Waals surface area contributed by atoms with E-state index in [9.17, 15) is 9.59 Å². The van der Waals surface area contributed by atoms with Crippen molar-refractivity contribution in [3.05, 3.63) is 32.6 Å². The topological polar surface area (TPSA) is 82.5 Å². The quantitative estimate of drug-likeness (QED) is 0.748. The summed E-state index contributed by atoms with van der Waals surface area (Å²) in [6.07, 6.45) is 1.41. The Morgan fingerprint density at radius 2 is 1.79 bits per heavy atom. The van der Waals surface area contributed by atoms with Crippen LogP contribution in [0.5, 0.6) is 0 Å². The van der Waals surface area contributed by atoms with Crippen LogP contribution in [0, 0.1) is 23.7 Å². The van der Waals surface area contributed by atoms with Crippen LogP contribution in [0.4, 0.5) is 0 Å². The summed E-state index contributed by atoms with van der Waals surface area (Å²) in [5.74, 6) is 0.0766. The van der Waals surface area contributed by atoms with E-state index in [-0.39, 0.29) is 34.5 Å². The Morgan fingerprint density at radius 1 is 1.14 bits per heavy atom. The van der Waals surface area contributed by atoms with E-state index < -0.39 is 11.9 Å².